The van der Waals surface area contributed by atoms with Crippen LogP contribution in [-0.2, 0) is 14.2 Å². The zero-order valence-corrected chi connectivity index (χ0v) is 21.2. The van der Waals surface area contributed by atoms with Crippen LogP contribution in [0.25, 0.3) is 0 Å². The van der Waals surface area contributed by atoms with Gasteiger partial charge in [0.25, 0.3) is 0 Å². The second-order valence-electron chi connectivity index (χ2n) is 12.2. The molecule has 0 amide bonds. The van der Waals surface area contributed by atoms with E-state index >= 15 is 0 Å². The maximum Gasteiger partial charge on any atom is 0.355 e. The van der Waals surface area contributed by atoms with E-state index in [9.17, 15) is 30.3 Å². The molecule has 5 aliphatic rings. The zero-order chi connectivity index (χ0) is 27.2. The summed E-state index contributed by atoms with van der Waals surface area (Å²) in [5, 5.41) is 61.7. The second kappa shape index (κ2) is 6.64. The van der Waals surface area contributed by atoms with Crippen LogP contribution in [0.1, 0.15) is 57.4 Å². The molecular weight excluding hydrogens is 486 g/mol. The van der Waals surface area contributed by atoms with E-state index in [0.29, 0.717) is 0 Å². The molecule has 204 valence electrons. The number of hydrogen-bond acceptors (Lipinski definition) is 11. The minimum absolute atomic E-state index is 0.0436. The third-order valence-electron chi connectivity index (χ3n) is 10.8. The first-order chi connectivity index (χ1) is 17.0. The Hall–Kier alpha value is -1.87. The highest BCUT2D eigenvalue weighted by Crippen LogP contribution is 2.84. The first-order valence-electron chi connectivity index (χ1n) is 12.5. The number of carbonyl (C=O) groups is 1. The molecule has 12 nitrogen and oxygen atoms in total. The highest BCUT2D eigenvalue weighted by atomic mass is 16.8. The number of aromatic nitrogens is 1. The largest absolute Gasteiger partial charge is 0.450 e. The summed E-state index contributed by atoms with van der Waals surface area (Å²) in [6, 6.07) is 3.08. The first-order valence-corrected chi connectivity index (χ1v) is 12.5. The average Bonchev–Trinajstić information content (AvgIpc) is 3.40. The lowest BCUT2D eigenvalue weighted by Crippen LogP contribution is -2.97. The number of nitrogens with one attached hydrogen (secondary N) is 2. The Balaban J connectivity index is 1.71. The summed E-state index contributed by atoms with van der Waals surface area (Å²) in [7, 11) is 0. The monoisotopic (exact) mass is 521 g/mol. The number of aromatic amines is 1. The van der Waals surface area contributed by atoms with Crippen LogP contribution in [0.3, 0.4) is 0 Å². The summed E-state index contributed by atoms with van der Waals surface area (Å²) in [4.78, 5) is 16.1. The summed E-state index contributed by atoms with van der Waals surface area (Å²) in [5.74, 6) is -0.599. The fourth-order valence-corrected chi connectivity index (χ4v) is 8.79. The van der Waals surface area contributed by atoms with Crippen LogP contribution in [0, 0.1) is 16.7 Å². The number of ether oxygens (including phenoxy) is 3. The standard InChI is InChI=1S/C25H35N3O9/c1-12(2)22(33)17(35-16(30)14-7-6-10-27-14)24(28-26)18(4)11-21(32)19(22,5)25(34,37-24)23(36-21)15(29)13(3)8-9-20(18,23)31/h6-7,10,12,15,17,27-29,31-34H,3,8-9,11,26H2,1-2,4-5H3/t15-,17-,18+,19+,20+,21?,22-,23-,24+,25-/m1/s1. The summed E-state index contributed by atoms with van der Waals surface area (Å²) >= 11 is 0. The van der Waals surface area contributed by atoms with Crippen LogP contribution in [-0.4, -0.2) is 82.8 Å². The summed E-state index contributed by atoms with van der Waals surface area (Å²) in [5.41, 5.74) is -9.82. The van der Waals surface area contributed by atoms with E-state index < -0.39 is 69.0 Å². The van der Waals surface area contributed by atoms with Gasteiger partial charge in [-0.2, -0.15) is 0 Å². The number of hydrazine groups is 1. The summed E-state index contributed by atoms with van der Waals surface area (Å²) < 4.78 is 18.6. The Bertz CT molecular complexity index is 1210. The molecule has 9 N–H and O–H groups in total. The van der Waals surface area contributed by atoms with Crippen molar-refractivity contribution in [2.24, 2.45) is 22.6 Å². The predicted molar refractivity (Wildman–Crippen MR) is 125 cm³/mol. The molecule has 1 unspecified atom stereocenters. The molecule has 10 atom stereocenters. The Labute approximate surface area is 213 Å². The third kappa shape index (κ3) is 2.05. The summed E-state index contributed by atoms with van der Waals surface area (Å²) in [6.45, 7) is 10.1. The van der Waals surface area contributed by atoms with Gasteiger partial charge in [0.15, 0.2) is 23.2 Å². The van der Waals surface area contributed by atoms with Crippen LogP contribution in [0.15, 0.2) is 30.5 Å². The molecule has 4 saturated heterocycles. The normalized spacial score (nSPS) is 55.6. The molecule has 0 aromatic carbocycles. The highest BCUT2D eigenvalue weighted by Gasteiger charge is 3.04. The van der Waals surface area contributed by atoms with Crippen molar-refractivity contribution in [2.75, 3.05) is 0 Å². The number of aliphatic hydroxyl groups excluding tert-OH is 1. The smallest absolute Gasteiger partial charge is 0.355 e. The quantitative estimate of drug-likeness (QED) is 0.106. The van der Waals surface area contributed by atoms with Gasteiger partial charge in [0, 0.05) is 12.6 Å². The Morgan fingerprint density at radius 3 is 2.51 bits per heavy atom. The zero-order valence-electron chi connectivity index (χ0n) is 21.2. The van der Waals surface area contributed by atoms with E-state index in [1.807, 2.05) is 0 Å². The van der Waals surface area contributed by atoms with Gasteiger partial charge >= 0.3 is 5.97 Å². The van der Waals surface area contributed by atoms with Crippen molar-refractivity contribution in [3.05, 3.63) is 36.2 Å². The number of aliphatic hydroxyl groups is 5. The second-order valence-corrected chi connectivity index (χ2v) is 12.2. The van der Waals surface area contributed by atoms with Crippen molar-refractivity contribution in [2.45, 2.75) is 93.3 Å². The van der Waals surface area contributed by atoms with Gasteiger partial charge in [-0.25, -0.2) is 10.2 Å². The number of rotatable bonds is 4. The number of fused-ring (bicyclic) bond motifs is 4. The van der Waals surface area contributed by atoms with Gasteiger partial charge in [-0.1, -0.05) is 27.4 Å². The Morgan fingerprint density at radius 1 is 1.27 bits per heavy atom. The molecule has 5 bridgehead atoms. The lowest BCUT2D eigenvalue weighted by molar-refractivity contribution is -0.521. The molecule has 12 heteroatoms. The minimum Gasteiger partial charge on any atom is -0.450 e. The van der Waals surface area contributed by atoms with Gasteiger partial charge in [0.1, 0.15) is 28.4 Å². The fraction of sp³-hybridized carbons (Fsp3) is 0.720. The number of hydrogen-bond donors (Lipinski definition) is 8. The number of H-pyrrole nitrogens is 1. The summed E-state index contributed by atoms with van der Waals surface area (Å²) in [6.07, 6.45) is -2.07. The predicted octanol–water partition coefficient (Wildman–Crippen LogP) is -0.865. The lowest BCUT2D eigenvalue weighted by atomic mass is 9.43. The molecule has 1 saturated carbocycles. The Kier molecular flexibility index (Phi) is 4.56. The van der Waals surface area contributed by atoms with Crippen LogP contribution in [0.5, 0.6) is 0 Å². The van der Waals surface area contributed by atoms with Crippen LogP contribution in [0.4, 0.5) is 0 Å². The maximum atomic E-state index is 13.3. The molecule has 5 heterocycles. The van der Waals surface area contributed by atoms with Crippen molar-refractivity contribution in [1.29, 1.82) is 0 Å². The number of esters is 1. The number of nitrogens with two attached hydrogens (primary N) is 1. The topological polar surface area (TPSA) is 200 Å². The molecular formula is C25H35N3O9. The molecule has 1 aliphatic carbocycles. The SMILES string of the molecule is C=C1CC[C@]2(O)[C@]3(C)CC4(O)O[C@@]2([C@@H]1O)[C@]1(O)O[C@@]3(NN)[C@H](OC(=O)c2ccc[nH]2)[C@](O)(C(C)C)[C@]41C. The van der Waals surface area contributed by atoms with Crippen molar-refractivity contribution >= 4 is 5.97 Å². The van der Waals surface area contributed by atoms with Crippen molar-refractivity contribution in [1.82, 2.24) is 10.4 Å². The van der Waals surface area contributed by atoms with Crippen LogP contribution >= 0.6 is 0 Å². The molecule has 1 spiro atoms. The van der Waals surface area contributed by atoms with E-state index in [0.717, 1.165) is 0 Å². The van der Waals surface area contributed by atoms with Gasteiger partial charge in [-0.05, 0) is 43.4 Å². The van der Waals surface area contributed by atoms with E-state index in [1.165, 1.54) is 19.2 Å². The molecule has 1 aromatic heterocycles. The van der Waals surface area contributed by atoms with Gasteiger partial charge in [0.05, 0.1) is 5.41 Å². The van der Waals surface area contributed by atoms with Gasteiger partial charge in [0.2, 0.25) is 5.79 Å². The molecule has 0 radical (unpaired) electrons. The van der Waals surface area contributed by atoms with Gasteiger partial charge < -0.3 is 44.7 Å². The molecule has 6 rings (SSSR count). The molecule has 5 fully saturated rings. The number of carbonyl (C=O) groups excluding carboxylic acids is 1. The van der Waals surface area contributed by atoms with Crippen molar-refractivity contribution < 1.29 is 44.5 Å². The molecule has 4 aliphatic heterocycles. The first kappa shape index (κ1) is 25.4. The fourth-order valence-electron chi connectivity index (χ4n) is 8.79. The van der Waals surface area contributed by atoms with E-state index in [4.69, 9.17) is 20.1 Å². The van der Waals surface area contributed by atoms with Gasteiger partial charge in [-0.15, -0.1) is 0 Å². The molecule has 1 aromatic rings. The van der Waals surface area contributed by atoms with E-state index in [1.54, 1.807) is 26.8 Å². The van der Waals surface area contributed by atoms with Crippen molar-refractivity contribution in [3.63, 3.8) is 0 Å². The van der Waals surface area contributed by atoms with Crippen molar-refractivity contribution in [3.8, 4) is 0 Å². The lowest BCUT2D eigenvalue weighted by Gasteiger charge is -2.75. The maximum absolute atomic E-state index is 13.3. The molecule has 37 heavy (non-hydrogen) atoms. The average molecular weight is 522 g/mol. The van der Waals surface area contributed by atoms with Crippen LogP contribution in [0.2, 0.25) is 0 Å². The third-order valence-corrected chi connectivity index (χ3v) is 10.8. The van der Waals surface area contributed by atoms with Crippen LogP contribution < -0.4 is 11.3 Å². The minimum atomic E-state index is -2.73. The van der Waals surface area contributed by atoms with Gasteiger partial charge in [-0.3, -0.25) is 5.84 Å². The van der Waals surface area contributed by atoms with E-state index in [-0.39, 0.29) is 30.5 Å². The highest BCUT2D eigenvalue weighted by molar-refractivity contribution is 5.87. The Morgan fingerprint density at radius 2 is 1.95 bits per heavy atom. The van der Waals surface area contributed by atoms with E-state index in [2.05, 4.69) is 17.0 Å².